The number of aryl methyl sites for hydroxylation is 1. The zero-order valence-electron chi connectivity index (χ0n) is 7.78. The molecule has 0 amide bonds. The summed E-state index contributed by atoms with van der Waals surface area (Å²) in [5.41, 5.74) is 7.51. The van der Waals surface area contributed by atoms with Crippen LogP contribution in [0.1, 0.15) is 5.56 Å². The van der Waals surface area contributed by atoms with Gasteiger partial charge in [0.1, 0.15) is 0 Å². The van der Waals surface area contributed by atoms with Crippen LogP contribution in [0, 0.1) is 6.92 Å². The fourth-order valence-electron chi connectivity index (χ4n) is 1.16. The van der Waals surface area contributed by atoms with E-state index in [4.69, 9.17) is 5.73 Å². The third kappa shape index (κ3) is 1.66. The Morgan fingerprint density at radius 3 is 2.79 bits per heavy atom. The molecule has 0 aliphatic heterocycles. The molecule has 0 bridgehead atoms. The first-order valence-corrected chi connectivity index (χ1v) is 4.26. The van der Waals surface area contributed by atoms with E-state index in [9.17, 15) is 0 Å². The molecule has 2 aromatic rings. The molecule has 0 aliphatic carbocycles. The molecule has 0 spiro atoms. The van der Waals surface area contributed by atoms with Gasteiger partial charge in [0.15, 0.2) is 0 Å². The average molecular weight is 189 g/mol. The Kier molecular flexibility index (Phi) is 2.06. The minimum absolute atomic E-state index is 0.307. The zero-order valence-corrected chi connectivity index (χ0v) is 7.78. The number of H-pyrrole nitrogens is 1. The van der Waals surface area contributed by atoms with E-state index in [0.717, 1.165) is 11.3 Å². The lowest BCUT2D eigenvalue weighted by molar-refractivity contribution is 1.10. The number of hydrogen-bond acceptors (Lipinski definition) is 4. The van der Waals surface area contributed by atoms with Gasteiger partial charge in [0, 0.05) is 5.69 Å². The van der Waals surface area contributed by atoms with Crippen LogP contribution in [0.3, 0.4) is 0 Å². The van der Waals surface area contributed by atoms with Crippen molar-refractivity contribution in [2.45, 2.75) is 6.92 Å². The van der Waals surface area contributed by atoms with Gasteiger partial charge in [-0.05, 0) is 18.6 Å². The number of hydrogen-bond donors (Lipinski definition) is 3. The van der Waals surface area contributed by atoms with Crippen LogP contribution in [-0.4, -0.2) is 15.2 Å². The second-order valence-corrected chi connectivity index (χ2v) is 2.98. The molecule has 0 saturated heterocycles. The SMILES string of the molecule is Cc1ccccc1Nc1n[nH]c(N)n1. The molecule has 1 aromatic heterocycles. The summed E-state index contributed by atoms with van der Waals surface area (Å²) in [6, 6.07) is 7.90. The lowest BCUT2D eigenvalue weighted by Gasteiger charge is -2.04. The van der Waals surface area contributed by atoms with Crippen LogP contribution in [0.15, 0.2) is 24.3 Å². The Labute approximate surface area is 81.4 Å². The van der Waals surface area contributed by atoms with E-state index >= 15 is 0 Å². The third-order valence-electron chi connectivity index (χ3n) is 1.89. The van der Waals surface area contributed by atoms with E-state index in [1.165, 1.54) is 0 Å². The summed E-state index contributed by atoms with van der Waals surface area (Å²) >= 11 is 0. The third-order valence-corrected chi connectivity index (χ3v) is 1.89. The van der Waals surface area contributed by atoms with Crippen molar-refractivity contribution in [3.05, 3.63) is 29.8 Å². The second-order valence-electron chi connectivity index (χ2n) is 2.98. The fourth-order valence-corrected chi connectivity index (χ4v) is 1.16. The zero-order chi connectivity index (χ0) is 9.97. The monoisotopic (exact) mass is 189 g/mol. The van der Waals surface area contributed by atoms with Crippen LogP contribution in [0.25, 0.3) is 0 Å². The molecular formula is C9H11N5. The van der Waals surface area contributed by atoms with E-state index in [-0.39, 0.29) is 0 Å². The van der Waals surface area contributed by atoms with Crippen LogP contribution in [0.5, 0.6) is 0 Å². The van der Waals surface area contributed by atoms with Gasteiger partial charge in [-0.2, -0.15) is 4.98 Å². The molecule has 72 valence electrons. The fraction of sp³-hybridized carbons (Fsp3) is 0.111. The predicted molar refractivity (Wildman–Crippen MR) is 55.3 cm³/mol. The van der Waals surface area contributed by atoms with Gasteiger partial charge < -0.3 is 11.1 Å². The van der Waals surface area contributed by atoms with Crippen molar-refractivity contribution in [1.82, 2.24) is 15.2 Å². The Balaban J connectivity index is 2.23. The van der Waals surface area contributed by atoms with Crippen LogP contribution in [0.2, 0.25) is 0 Å². The number of benzene rings is 1. The van der Waals surface area contributed by atoms with E-state index in [1.807, 2.05) is 31.2 Å². The molecule has 2 rings (SSSR count). The summed E-state index contributed by atoms with van der Waals surface area (Å²) in [7, 11) is 0. The second kappa shape index (κ2) is 3.37. The van der Waals surface area contributed by atoms with E-state index in [0.29, 0.717) is 11.9 Å². The summed E-state index contributed by atoms with van der Waals surface area (Å²) in [5, 5.41) is 9.50. The lowest BCUT2D eigenvalue weighted by Crippen LogP contribution is -1.94. The first-order valence-electron chi connectivity index (χ1n) is 4.26. The molecule has 1 heterocycles. The van der Waals surface area contributed by atoms with Crippen LogP contribution in [0.4, 0.5) is 17.6 Å². The summed E-state index contributed by atoms with van der Waals surface area (Å²) in [6.45, 7) is 2.01. The van der Waals surface area contributed by atoms with Gasteiger partial charge in [-0.1, -0.05) is 18.2 Å². The quantitative estimate of drug-likeness (QED) is 0.667. The van der Waals surface area contributed by atoms with Crippen molar-refractivity contribution < 1.29 is 0 Å². The number of anilines is 3. The molecule has 4 N–H and O–H groups in total. The number of nitrogen functional groups attached to an aromatic ring is 1. The highest BCUT2D eigenvalue weighted by molar-refractivity contribution is 5.58. The van der Waals surface area contributed by atoms with Gasteiger partial charge in [-0.3, -0.25) is 0 Å². The molecule has 5 heteroatoms. The van der Waals surface area contributed by atoms with Gasteiger partial charge in [0.25, 0.3) is 0 Å². The summed E-state index contributed by atoms with van der Waals surface area (Å²) in [4.78, 5) is 3.95. The van der Waals surface area contributed by atoms with Crippen molar-refractivity contribution in [3.8, 4) is 0 Å². The van der Waals surface area contributed by atoms with E-state index in [2.05, 4.69) is 20.5 Å². The van der Waals surface area contributed by atoms with Crippen LogP contribution < -0.4 is 11.1 Å². The maximum Gasteiger partial charge on any atom is 0.248 e. The maximum absolute atomic E-state index is 5.40. The Hall–Kier alpha value is -2.04. The van der Waals surface area contributed by atoms with Crippen molar-refractivity contribution in [2.75, 3.05) is 11.1 Å². The van der Waals surface area contributed by atoms with E-state index in [1.54, 1.807) is 0 Å². The molecule has 5 nitrogen and oxygen atoms in total. The minimum Gasteiger partial charge on any atom is -0.368 e. The smallest absolute Gasteiger partial charge is 0.248 e. The molecule has 0 fully saturated rings. The molecular weight excluding hydrogens is 178 g/mol. The van der Waals surface area contributed by atoms with Crippen molar-refractivity contribution in [1.29, 1.82) is 0 Å². The highest BCUT2D eigenvalue weighted by Crippen LogP contribution is 2.16. The molecule has 0 saturated carbocycles. The molecule has 0 atom stereocenters. The Bertz CT molecular complexity index is 434. The number of rotatable bonds is 2. The number of aromatic amines is 1. The molecule has 0 unspecified atom stereocenters. The molecule has 14 heavy (non-hydrogen) atoms. The summed E-state index contributed by atoms with van der Waals surface area (Å²) in [5.74, 6) is 0.790. The van der Waals surface area contributed by atoms with Crippen molar-refractivity contribution >= 4 is 17.6 Å². The standard InChI is InChI=1S/C9H11N5/c1-6-4-2-3-5-7(6)11-9-12-8(10)13-14-9/h2-5H,1H3,(H4,10,11,12,13,14). The summed E-state index contributed by atoms with van der Waals surface area (Å²) < 4.78 is 0. The van der Waals surface area contributed by atoms with Crippen molar-refractivity contribution in [3.63, 3.8) is 0 Å². The number of aromatic nitrogens is 3. The van der Waals surface area contributed by atoms with Crippen LogP contribution in [-0.2, 0) is 0 Å². The van der Waals surface area contributed by atoms with E-state index < -0.39 is 0 Å². The van der Waals surface area contributed by atoms with Gasteiger partial charge in [-0.15, -0.1) is 5.10 Å². The Morgan fingerprint density at radius 1 is 1.36 bits per heavy atom. The van der Waals surface area contributed by atoms with Crippen molar-refractivity contribution in [2.24, 2.45) is 0 Å². The first-order chi connectivity index (χ1) is 6.75. The van der Waals surface area contributed by atoms with Gasteiger partial charge in [0.05, 0.1) is 0 Å². The summed E-state index contributed by atoms with van der Waals surface area (Å²) in [6.07, 6.45) is 0. The molecule has 0 aliphatic rings. The predicted octanol–water partition coefficient (Wildman–Crippen LogP) is 1.44. The first kappa shape index (κ1) is 8.55. The number of nitrogens with two attached hydrogens (primary N) is 1. The topological polar surface area (TPSA) is 79.6 Å². The molecule has 1 aromatic carbocycles. The minimum atomic E-state index is 0.307. The number of nitrogens with zero attached hydrogens (tertiary/aromatic N) is 2. The van der Waals surface area contributed by atoms with Crippen LogP contribution >= 0.6 is 0 Å². The average Bonchev–Trinajstić information content (AvgIpc) is 2.56. The highest BCUT2D eigenvalue weighted by Gasteiger charge is 2.01. The molecule has 0 radical (unpaired) electrons. The maximum atomic E-state index is 5.40. The Morgan fingerprint density at radius 2 is 2.14 bits per heavy atom. The highest BCUT2D eigenvalue weighted by atomic mass is 15.3. The van der Waals surface area contributed by atoms with Gasteiger partial charge >= 0.3 is 0 Å². The van der Waals surface area contributed by atoms with Gasteiger partial charge in [0.2, 0.25) is 11.9 Å². The van der Waals surface area contributed by atoms with Gasteiger partial charge in [-0.25, -0.2) is 5.10 Å². The largest absolute Gasteiger partial charge is 0.368 e. The number of nitrogens with one attached hydrogen (secondary N) is 2. The normalized spacial score (nSPS) is 10.1. The number of para-hydroxylation sites is 1. The lowest BCUT2D eigenvalue weighted by atomic mass is 10.2.